The first kappa shape index (κ1) is 21.6. The summed E-state index contributed by atoms with van der Waals surface area (Å²) in [5.74, 6) is 1.34. The first-order chi connectivity index (χ1) is 13.7. The van der Waals surface area contributed by atoms with E-state index in [1.807, 2.05) is 30.3 Å². The van der Waals surface area contributed by atoms with Crippen molar-refractivity contribution in [3.05, 3.63) is 52.5 Å². The Bertz CT molecular complexity index is 993. The van der Waals surface area contributed by atoms with Crippen LogP contribution in [0.25, 0.3) is 11.3 Å². The van der Waals surface area contributed by atoms with Crippen LogP contribution in [0.3, 0.4) is 0 Å². The molecule has 1 aromatic heterocycles. The Hall–Kier alpha value is -2.07. The Labute approximate surface area is 187 Å². The number of rotatable bonds is 5. The molecule has 3 N–H and O–H groups in total. The van der Waals surface area contributed by atoms with Crippen molar-refractivity contribution in [2.45, 2.75) is 24.7 Å². The molecule has 4 rings (SSSR count). The van der Waals surface area contributed by atoms with Gasteiger partial charge in [0.15, 0.2) is 11.9 Å². The van der Waals surface area contributed by atoms with E-state index in [1.165, 1.54) is 0 Å². The van der Waals surface area contributed by atoms with Crippen LogP contribution in [0, 0.1) is 0 Å². The normalized spacial score (nSPS) is 14.4. The van der Waals surface area contributed by atoms with Gasteiger partial charge in [0.05, 0.1) is 5.69 Å². The van der Waals surface area contributed by atoms with Gasteiger partial charge in [-0.15, -0.1) is 22.6 Å². The third-order valence-corrected chi connectivity index (χ3v) is 5.74. The van der Waals surface area contributed by atoms with E-state index in [1.54, 1.807) is 23.9 Å². The molecule has 1 aliphatic heterocycles. The second kappa shape index (κ2) is 9.62. The first-order valence-electron chi connectivity index (χ1n) is 8.78. The lowest BCUT2D eigenvalue weighted by molar-refractivity contribution is 0.225. The summed E-state index contributed by atoms with van der Waals surface area (Å²) in [5, 5.41) is 21.9. The number of nitrogens with one attached hydrogen (secondary N) is 2. The van der Waals surface area contributed by atoms with Gasteiger partial charge in [0.1, 0.15) is 0 Å². The second-order valence-corrected chi connectivity index (χ2v) is 8.14. The molecule has 0 spiro atoms. The average molecular weight is 497 g/mol. The molecule has 0 aliphatic carbocycles. The van der Waals surface area contributed by atoms with Crippen LogP contribution >= 0.6 is 40.1 Å². The number of benzene rings is 2. The quantitative estimate of drug-likeness (QED) is 0.314. The highest BCUT2D eigenvalue weighted by atomic mass is 79.9. The fraction of sp³-hybridized carbons (Fsp3) is 0.211. The molecular formula is C19H19BrClN5O2S. The molecule has 29 heavy (non-hydrogen) atoms. The van der Waals surface area contributed by atoms with E-state index in [2.05, 4.69) is 48.8 Å². The Balaban J connectivity index is 0.00000240. The molecule has 0 amide bonds. The summed E-state index contributed by atoms with van der Waals surface area (Å²) in [6.07, 6.45) is 0.553. The van der Waals surface area contributed by atoms with Crippen molar-refractivity contribution in [2.24, 2.45) is 0 Å². The Morgan fingerprint density at radius 1 is 1.21 bits per heavy atom. The zero-order chi connectivity index (χ0) is 19.5. The molecule has 152 valence electrons. The molecule has 2 heterocycles. The third-order valence-electron chi connectivity index (χ3n) is 4.16. The van der Waals surface area contributed by atoms with E-state index in [0.29, 0.717) is 22.4 Å². The van der Waals surface area contributed by atoms with Crippen LogP contribution in [0.15, 0.2) is 52.1 Å². The summed E-state index contributed by atoms with van der Waals surface area (Å²) in [4.78, 5) is 4.60. The fourth-order valence-electron chi connectivity index (χ4n) is 2.81. The van der Waals surface area contributed by atoms with Crippen molar-refractivity contribution in [1.82, 2.24) is 15.2 Å². The lowest BCUT2D eigenvalue weighted by Gasteiger charge is -2.19. The number of fused-ring (bicyclic) bond motifs is 3. The summed E-state index contributed by atoms with van der Waals surface area (Å²) in [7, 11) is 0. The number of nitrogens with zero attached hydrogens (tertiary/aromatic N) is 3. The predicted octanol–water partition coefficient (Wildman–Crippen LogP) is 5.53. The van der Waals surface area contributed by atoms with Crippen LogP contribution in [-0.4, -0.2) is 26.1 Å². The van der Waals surface area contributed by atoms with E-state index in [0.717, 1.165) is 33.5 Å². The number of hydrogen-bond acceptors (Lipinski definition) is 8. The van der Waals surface area contributed by atoms with Crippen molar-refractivity contribution >= 4 is 51.5 Å². The number of halogens is 2. The fourth-order valence-corrected chi connectivity index (χ4v) is 3.71. The monoisotopic (exact) mass is 495 g/mol. The molecule has 1 aliphatic rings. The molecule has 0 saturated heterocycles. The van der Waals surface area contributed by atoms with E-state index in [-0.39, 0.29) is 12.4 Å². The Morgan fingerprint density at radius 2 is 2.00 bits per heavy atom. The van der Waals surface area contributed by atoms with Crippen molar-refractivity contribution in [3.63, 3.8) is 0 Å². The standard InChI is InChI=1S/C19H18BrN5O2S.ClH/c1-2-9-28-19-22-18-16(23-24-19)14-8-7-13(25-26)10-15(14)21-17(27-18)11-3-5-12(20)6-4-11;/h3-8,10,17,21,25-26H,2,9H2,1H3;1H. The molecule has 1 atom stereocenters. The highest BCUT2D eigenvalue weighted by Crippen LogP contribution is 2.40. The van der Waals surface area contributed by atoms with Gasteiger partial charge in [-0.3, -0.25) is 10.7 Å². The minimum absolute atomic E-state index is 0. The van der Waals surface area contributed by atoms with E-state index >= 15 is 0 Å². The maximum atomic E-state index is 9.28. The molecular weight excluding hydrogens is 478 g/mol. The van der Waals surface area contributed by atoms with Crippen LogP contribution < -0.4 is 15.5 Å². The lowest BCUT2D eigenvalue weighted by atomic mass is 10.1. The van der Waals surface area contributed by atoms with Crippen LogP contribution in [-0.2, 0) is 0 Å². The Kier molecular flexibility index (Phi) is 7.18. The second-order valence-electron chi connectivity index (χ2n) is 6.16. The summed E-state index contributed by atoms with van der Waals surface area (Å²) in [6, 6.07) is 13.3. The van der Waals surface area contributed by atoms with Gasteiger partial charge in [-0.2, -0.15) is 4.98 Å². The number of ether oxygens (including phenoxy) is 1. The molecule has 1 unspecified atom stereocenters. The van der Waals surface area contributed by atoms with Gasteiger partial charge >= 0.3 is 0 Å². The first-order valence-corrected chi connectivity index (χ1v) is 10.6. The van der Waals surface area contributed by atoms with Crippen LogP contribution in [0.5, 0.6) is 5.88 Å². The van der Waals surface area contributed by atoms with E-state index < -0.39 is 6.23 Å². The smallest absolute Gasteiger partial charge is 0.247 e. The largest absolute Gasteiger partial charge is 0.448 e. The molecule has 3 aromatic rings. The zero-order valence-electron chi connectivity index (χ0n) is 15.4. The number of thioether (sulfide) groups is 1. The summed E-state index contributed by atoms with van der Waals surface area (Å²) in [5.41, 5.74) is 5.79. The topological polar surface area (TPSA) is 92.2 Å². The molecule has 0 bridgehead atoms. The zero-order valence-corrected chi connectivity index (χ0v) is 18.6. The average Bonchev–Trinajstić information content (AvgIpc) is 2.88. The minimum atomic E-state index is -0.470. The predicted molar refractivity (Wildman–Crippen MR) is 120 cm³/mol. The maximum Gasteiger partial charge on any atom is 0.247 e. The highest BCUT2D eigenvalue weighted by Gasteiger charge is 2.26. The van der Waals surface area contributed by atoms with Crippen molar-refractivity contribution in [1.29, 1.82) is 0 Å². The highest BCUT2D eigenvalue weighted by molar-refractivity contribution is 9.10. The van der Waals surface area contributed by atoms with E-state index in [4.69, 9.17) is 4.74 Å². The lowest BCUT2D eigenvalue weighted by Crippen LogP contribution is -2.17. The summed E-state index contributed by atoms with van der Waals surface area (Å²) < 4.78 is 7.21. The van der Waals surface area contributed by atoms with Crippen LogP contribution in [0.4, 0.5) is 11.4 Å². The van der Waals surface area contributed by atoms with Crippen LogP contribution in [0.2, 0.25) is 0 Å². The van der Waals surface area contributed by atoms with Crippen molar-refractivity contribution < 1.29 is 9.94 Å². The molecule has 0 radical (unpaired) electrons. The maximum absolute atomic E-state index is 9.28. The van der Waals surface area contributed by atoms with Crippen LogP contribution in [0.1, 0.15) is 25.1 Å². The molecule has 7 nitrogen and oxygen atoms in total. The minimum Gasteiger partial charge on any atom is -0.448 e. The van der Waals surface area contributed by atoms with Gasteiger partial charge < -0.3 is 10.1 Å². The molecule has 2 aromatic carbocycles. The van der Waals surface area contributed by atoms with Gasteiger partial charge in [-0.25, -0.2) is 0 Å². The number of anilines is 2. The molecule has 0 saturated carbocycles. The van der Waals surface area contributed by atoms with E-state index in [9.17, 15) is 5.21 Å². The molecule has 10 heteroatoms. The molecule has 0 fully saturated rings. The SMILES string of the molecule is CCCSc1nnc2c(n1)OC(c1ccc(Br)cc1)Nc1cc(NO)ccc1-2.Cl. The summed E-state index contributed by atoms with van der Waals surface area (Å²) in [6.45, 7) is 2.11. The third kappa shape index (κ3) is 4.75. The van der Waals surface area contributed by atoms with Gasteiger partial charge in [0.25, 0.3) is 0 Å². The number of hydrogen-bond donors (Lipinski definition) is 3. The van der Waals surface area contributed by atoms with Gasteiger partial charge in [0, 0.05) is 27.0 Å². The van der Waals surface area contributed by atoms with Crippen molar-refractivity contribution in [3.8, 4) is 17.1 Å². The van der Waals surface area contributed by atoms with Gasteiger partial charge in [-0.05, 0) is 36.8 Å². The van der Waals surface area contributed by atoms with Crippen molar-refractivity contribution in [2.75, 3.05) is 16.5 Å². The van der Waals surface area contributed by atoms with Gasteiger partial charge in [0.2, 0.25) is 11.0 Å². The Morgan fingerprint density at radius 3 is 2.72 bits per heavy atom. The number of aromatic nitrogens is 3. The van der Waals surface area contributed by atoms with Gasteiger partial charge in [-0.1, -0.05) is 46.7 Å². The summed E-state index contributed by atoms with van der Waals surface area (Å²) >= 11 is 5.01.